The van der Waals surface area contributed by atoms with Gasteiger partial charge in [-0.3, -0.25) is 9.89 Å². The Morgan fingerprint density at radius 1 is 1.57 bits per heavy atom. The van der Waals surface area contributed by atoms with Crippen LogP contribution in [0.25, 0.3) is 10.9 Å². The number of hydrogen-bond acceptors (Lipinski definition) is 3. The van der Waals surface area contributed by atoms with Crippen LogP contribution >= 0.6 is 15.9 Å². The number of carbonyl (C=O) groups is 1. The Balaban J connectivity index is 2.83. The molecule has 0 fully saturated rings. The monoisotopic (exact) mass is 254 g/mol. The fourth-order valence-corrected chi connectivity index (χ4v) is 1.75. The van der Waals surface area contributed by atoms with Crippen LogP contribution in [0.4, 0.5) is 0 Å². The van der Waals surface area contributed by atoms with Gasteiger partial charge >= 0.3 is 0 Å². The predicted octanol–water partition coefficient (Wildman–Crippen LogP) is 2.15. The molecular formula is C9H7BrN2O2. The molecule has 5 heteroatoms. The molecule has 72 valence electrons. The number of hydrogen-bond donors (Lipinski definition) is 1. The molecule has 0 aliphatic heterocycles. The van der Waals surface area contributed by atoms with Crippen molar-refractivity contribution in [3.8, 4) is 5.75 Å². The molecule has 4 nitrogen and oxygen atoms in total. The minimum atomic E-state index is 0.458. The molecule has 1 aromatic carbocycles. The summed E-state index contributed by atoms with van der Waals surface area (Å²) in [6, 6.07) is 3.63. The maximum absolute atomic E-state index is 10.7. The summed E-state index contributed by atoms with van der Waals surface area (Å²) in [4.78, 5) is 10.7. The van der Waals surface area contributed by atoms with E-state index in [1.54, 1.807) is 13.2 Å². The summed E-state index contributed by atoms with van der Waals surface area (Å²) in [7, 11) is 1.57. The highest BCUT2D eigenvalue weighted by Crippen LogP contribution is 2.29. The SMILES string of the molecule is COc1cc(Br)cc2c(C=O)[nH]nc12. The molecule has 0 aliphatic rings. The van der Waals surface area contributed by atoms with Crippen LogP contribution < -0.4 is 4.74 Å². The number of aldehydes is 1. The van der Waals surface area contributed by atoms with E-state index in [-0.39, 0.29) is 0 Å². The first kappa shape index (κ1) is 9.21. The van der Waals surface area contributed by atoms with Crippen molar-refractivity contribution in [2.24, 2.45) is 0 Å². The minimum Gasteiger partial charge on any atom is -0.494 e. The van der Waals surface area contributed by atoms with E-state index in [1.165, 1.54) is 0 Å². The zero-order chi connectivity index (χ0) is 10.1. The van der Waals surface area contributed by atoms with E-state index in [0.29, 0.717) is 17.0 Å². The van der Waals surface area contributed by atoms with Gasteiger partial charge in [-0.15, -0.1) is 0 Å². The second-order valence-corrected chi connectivity index (χ2v) is 3.68. The Morgan fingerprint density at radius 3 is 3.00 bits per heavy atom. The molecule has 1 aromatic heterocycles. The van der Waals surface area contributed by atoms with Gasteiger partial charge in [0.1, 0.15) is 17.0 Å². The van der Waals surface area contributed by atoms with Crippen molar-refractivity contribution in [1.29, 1.82) is 0 Å². The Labute approximate surface area is 88.4 Å². The molecule has 0 saturated carbocycles. The molecule has 0 radical (unpaired) electrons. The fraction of sp³-hybridized carbons (Fsp3) is 0.111. The summed E-state index contributed by atoms with van der Waals surface area (Å²) in [6.07, 6.45) is 0.737. The highest BCUT2D eigenvalue weighted by atomic mass is 79.9. The topological polar surface area (TPSA) is 55.0 Å². The lowest BCUT2D eigenvalue weighted by atomic mass is 10.2. The van der Waals surface area contributed by atoms with E-state index < -0.39 is 0 Å². The zero-order valence-corrected chi connectivity index (χ0v) is 8.96. The lowest BCUT2D eigenvalue weighted by molar-refractivity contribution is 0.112. The van der Waals surface area contributed by atoms with Gasteiger partial charge in [0, 0.05) is 9.86 Å². The Morgan fingerprint density at radius 2 is 2.36 bits per heavy atom. The van der Waals surface area contributed by atoms with Gasteiger partial charge < -0.3 is 4.74 Å². The highest BCUT2D eigenvalue weighted by Gasteiger charge is 2.10. The van der Waals surface area contributed by atoms with Gasteiger partial charge in [-0.05, 0) is 12.1 Å². The molecule has 2 aromatic rings. The van der Waals surface area contributed by atoms with Gasteiger partial charge in [-0.1, -0.05) is 15.9 Å². The number of carbonyl (C=O) groups excluding carboxylic acids is 1. The van der Waals surface area contributed by atoms with E-state index >= 15 is 0 Å². The first-order valence-electron chi connectivity index (χ1n) is 3.93. The number of rotatable bonds is 2. The maximum Gasteiger partial charge on any atom is 0.168 e. The maximum atomic E-state index is 10.7. The number of H-pyrrole nitrogens is 1. The van der Waals surface area contributed by atoms with E-state index in [1.807, 2.05) is 6.07 Å². The average Bonchev–Trinajstić information content (AvgIpc) is 2.59. The first-order chi connectivity index (χ1) is 6.76. The van der Waals surface area contributed by atoms with E-state index in [4.69, 9.17) is 4.74 Å². The van der Waals surface area contributed by atoms with Crippen LogP contribution in [-0.2, 0) is 0 Å². The number of fused-ring (bicyclic) bond motifs is 1. The summed E-state index contributed by atoms with van der Waals surface area (Å²) in [6.45, 7) is 0. The van der Waals surface area contributed by atoms with E-state index in [9.17, 15) is 4.79 Å². The lowest BCUT2D eigenvalue weighted by Gasteiger charge is -2.00. The van der Waals surface area contributed by atoms with Gasteiger partial charge in [-0.25, -0.2) is 0 Å². The number of halogens is 1. The van der Waals surface area contributed by atoms with Gasteiger partial charge in [0.05, 0.1) is 7.11 Å². The van der Waals surface area contributed by atoms with Crippen molar-refractivity contribution in [2.75, 3.05) is 7.11 Å². The number of ether oxygens (including phenoxy) is 1. The van der Waals surface area contributed by atoms with Crippen molar-refractivity contribution < 1.29 is 9.53 Å². The van der Waals surface area contributed by atoms with Crippen LogP contribution in [0.5, 0.6) is 5.75 Å². The third-order valence-corrected chi connectivity index (χ3v) is 2.41. The average molecular weight is 255 g/mol. The Bertz CT molecular complexity index is 493. The number of aromatic nitrogens is 2. The van der Waals surface area contributed by atoms with E-state index in [0.717, 1.165) is 16.1 Å². The van der Waals surface area contributed by atoms with Crippen LogP contribution in [0, 0.1) is 0 Å². The largest absolute Gasteiger partial charge is 0.494 e. The minimum absolute atomic E-state index is 0.458. The van der Waals surface area contributed by atoms with Gasteiger partial charge in [0.15, 0.2) is 6.29 Å². The van der Waals surface area contributed by atoms with Crippen LogP contribution in [0.3, 0.4) is 0 Å². The van der Waals surface area contributed by atoms with Crippen molar-refractivity contribution in [2.45, 2.75) is 0 Å². The molecule has 2 rings (SSSR count). The number of nitrogens with one attached hydrogen (secondary N) is 1. The third kappa shape index (κ3) is 1.29. The first-order valence-corrected chi connectivity index (χ1v) is 4.72. The van der Waals surface area contributed by atoms with Gasteiger partial charge in [0.25, 0.3) is 0 Å². The fourth-order valence-electron chi connectivity index (χ4n) is 1.32. The molecule has 0 unspecified atom stereocenters. The van der Waals surface area contributed by atoms with Gasteiger partial charge in [-0.2, -0.15) is 5.10 Å². The van der Waals surface area contributed by atoms with Crippen molar-refractivity contribution in [1.82, 2.24) is 10.2 Å². The summed E-state index contributed by atoms with van der Waals surface area (Å²) >= 11 is 3.33. The zero-order valence-electron chi connectivity index (χ0n) is 7.37. The molecule has 0 atom stereocenters. The molecular weight excluding hydrogens is 248 g/mol. The standard InChI is InChI=1S/C9H7BrN2O2/c1-14-8-3-5(10)2-6-7(4-13)11-12-9(6)8/h2-4H,1H3,(H,11,12). The Kier molecular flexibility index (Phi) is 2.25. The summed E-state index contributed by atoms with van der Waals surface area (Å²) in [5.41, 5.74) is 1.12. The van der Waals surface area contributed by atoms with E-state index in [2.05, 4.69) is 26.1 Å². The molecule has 0 aliphatic carbocycles. The van der Waals surface area contributed by atoms with Gasteiger partial charge in [0.2, 0.25) is 0 Å². The number of benzene rings is 1. The summed E-state index contributed by atoms with van der Waals surface area (Å²) in [5, 5.41) is 7.40. The van der Waals surface area contributed by atoms with Crippen LogP contribution in [0.2, 0.25) is 0 Å². The third-order valence-electron chi connectivity index (χ3n) is 1.96. The summed E-state index contributed by atoms with van der Waals surface area (Å²) in [5.74, 6) is 0.638. The Hall–Kier alpha value is -1.36. The smallest absolute Gasteiger partial charge is 0.168 e. The van der Waals surface area contributed by atoms with Crippen molar-refractivity contribution in [3.63, 3.8) is 0 Å². The number of aromatic amines is 1. The lowest BCUT2D eigenvalue weighted by Crippen LogP contribution is -1.84. The van der Waals surface area contributed by atoms with Crippen LogP contribution in [-0.4, -0.2) is 23.6 Å². The molecule has 0 bridgehead atoms. The normalized spacial score (nSPS) is 10.4. The van der Waals surface area contributed by atoms with Crippen LogP contribution in [0.1, 0.15) is 10.5 Å². The van der Waals surface area contributed by atoms with Crippen LogP contribution in [0.15, 0.2) is 16.6 Å². The molecule has 0 amide bonds. The molecule has 14 heavy (non-hydrogen) atoms. The second kappa shape index (κ2) is 3.42. The summed E-state index contributed by atoms with van der Waals surface area (Å²) < 4.78 is 5.99. The van der Waals surface area contributed by atoms with Crippen molar-refractivity contribution in [3.05, 3.63) is 22.3 Å². The molecule has 1 N–H and O–H groups in total. The molecule has 0 spiro atoms. The van der Waals surface area contributed by atoms with Crippen molar-refractivity contribution >= 4 is 33.1 Å². The molecule has 0 saturated heterocycles. The second-order valence-electron chi connectivity index (χ2n) is 2.76. The predicted molar refractivity (Wildman–Crippen MR) is 55.7 cm³/mol. The number of nitrogens with zero attached hydrogens (tertiary/aromatic N) is 1. The highest BCUT2D eigenvalue weighted by molar-refractivity contribution is 9.10. The quantitative estimate of drug-likeness (QED) is 0.836. The molecule has 1 heterocycles. The number of methoxy groups -OCH3 is 1.